The van der Waals surface area contributed by atoms with E-state index in [1.54, 1.807) is 0 Å². The van der Waals surface area contributed by atoms with Crippen LogP contribution in [0.25, 0.3) is 0 Å². The molecule has 0 bridgehead atoms. The molecule has 0 unspecified atom stereocenters. The van der Waals surface area contributed by atoms with Gasteiger partial charge < -0.3 is 10.6 Å². The molecule has 1 aliphatic carbocycles. The lowest BCUT2D eigenvalue weighted by atomic mass is 10.0. The Morgan fingerprint density at radius 3 is 2.44 bits per heavy atom. The van der Waals surface area contributed by atoms with E-state index in [0.717, 1.165) is 31.2 Å². The molecule has 2 amide bonds. The minimum absolute atomic E-state index is 0.00627. The normalized spacial score (nSPS) is 24.8. The Bertz CT molecular complexity index is 643. The first-order valence-electron chi connectivity index (χ1n) is 8.93. The van der Waals surface area contributed by atoms with E-state index in [2.05, 4.69) is 15.5 Å². The van der Waals surface area contributed by atoms with Crippen molar-refractivity contribution in [3.05, 3.63) is 34.9 Å². The molecule has 1 saturated heterocycles. The minimum Gasteiger partial charge on any atom is -0.355 e. The number of carbonyl (C=O) groups excluding carboxylic acids is 2. The van der Waals surface area contributed by atoms with Crippen molar-refractivity contribution < 1.29 is 9.59 Å². The highest BCUT2D eigenvalue weighted by Gasteiger charge is 2.46. The Hall–Kier alpha value is -1.59. The molecule has 5 nitrogen and oxygen atoms in total. The predicted molar refractivity (Wildman–Crippen MR) is 98.4 cm³/mol. The summed E-state index contributed by atoms with van der Waals surface area (Å²) in [5.74, 6) is 0.0951. The summed E-state index contributed by atoms with van der Waals surface area (Å²) in [6, 6.07) is 8.30. The van der Waals surface area contributed by atoms with Crippen molar-refractivity contribution >= 4 is 23.4 Å². The fourth-order valence-corrected chi connectivity index (χ4v) is 3.88. The molecule has 1 aromatic carbocycles. The maximum absolute atomic E-state index is 12.6. The summed E-state index contributed by atoms with van der Waals surface area (Å²) in [6.45, 7) is 2.18. The third-order valence-corrected chi connectivity index (χ3v) is 5.77. The Kier molecular flexibility index (Phi) is 5.35. The molecular weight excluding hydrogens is 338 g/mol. The van der Waals surface area contributed by atoms with E-state index in [1.165, 1.54) is 6.92 Å². The third-order valence-electron chi connectivity index (χ3n) is 5.52. The Balaban J connectivity index is 1.53. The minimum atomic E-state index is -0.200. The number of hydrogen-bond donors (Lipinski definition) is 2. The first-order valence-corrected chi connectivity index (χ1v) is 9.31. The van der Waals surface area contributed by atoms with Crippen LogP contribution in [0, 0.1) is 0 Å². The molecule has 3 rings (SSSR count). The summed E-state index contributed by atoms with van der Waals surface area (Å²) in [6.07, 6.45) is 4.46. The van der Waals surface area contributed by atoms with Crippen LogP contribution in [0.15, 0.2) is 24.3 Å². The first kappa shape index (κ1) is 18.2. The quantitative estimate of drug-likeness (QED) is 0.816. The Morgan fingerprint density at radius 2 is 1.84 bits per heavy atom. The van der Waals surface area contributed by atoms with Crippen LogP contribution in [0.5, 0.6) is 0 Å². The van der Waals surface area contributed by atoms with Crippen LogP contribution < -0.4 is 10.6 Å². The summed E-state index contributed by atoms with van der Waals surface area (Å²) in [7, 11) is 2.05. The van der Waals surface area contributed by atoms with E-state index in [-0.39, 0.29) is 23.4 Å². The molecule has 2 fully saturated rings. The summed E-state index contributed by atoms with van der Waals surface area (Å²) < 4.78 is 0. The van der Waals surface area contributed by atoms with Crippen molar-refractivity contribution in [2.75, 3.05) is 13.6 Å². The number of likely N-dealkylation sites (tertiary alicyclic amines) is 1. The molecule has 1 heterocycles. The molecular formula is C19H26ClN3O2. The fourth-order valence-electron chi connectivity index (χ4n) is 3.76. The third kappa shape index (κ3) is 4.33. The zero-order chi connectivity index (χ0) is 18.0. The topological polar surface area (TPSA) is 61.4 Å². The van der Waals surface area contributed by atoms with Crippen LogP contribution in [0.2, 0.25) is 5.02 Å². The number of nitrogens with one attached hydrogen (secondary N) is 2. The van der Waals surface area contributed by atoms with Crippen molar-refractivity contribution in [3.63, 3.8) is 0 Å². The van der Waals surface area contributed by atoms with Gasteiger partial charge in [0.15, 0.2) is 0 Å². The van der Waals surface area contributed by atoms with Crippen LogP contribution in [-0.2, 0) is 15.1 Å². The van der Waals surface area contributed by atoms with Gasteiger partial charge in [-0.15, -0.1) is 0 Å². The highest BCUT2D eigenvalue weighted by molar-refractivity contribution is 6.30. The van der Waals surface area contributed by atoms with E-state index in [4.69, 9.17) is 11.6 Å². The second-order valence-corrected chi connectivity index (χ2v) is 7.77. The fraction of sp³-hybridized carbons (Fsp3) is 0.579. The molecule has 2 aliphatic rings. The average Bonchev–Trinajstić information content (AvgIpc) is 3.26. The van der Waals surface area contributed by atoms with Gasteiger partial charge in [-0.2, -0.15) is 0 Å². The molecule has 25 heavy (non-hydrogen) atoms. The molecule has 1 saturated carbocycles. The van der Waals surface area contributed by atoms with Gasteiger partial charge in [0, 0.05) is 37.0 Å². The maximum Gasteiger partial charge on any atom is 0.222 e. The van der Waals surface area contributed by atoms with Crippen molar-refractivity contribution in [1.29, 1.82) is 0 Å². The predicted octanol–water partition coefficient (Wildman–Crippen LogP) is 2.43. The van der Waals surface area contributed by atoms with Gasteiger partial charge in [-0.3, -0.25) is 14.5 Å². The van der Waals surface area contributed by atoms with E-state index >= 15 is 0 Å². The van der Waals surface area contributed by atoms with Crippen molar-refractivity contribution in [2.24, 2.45) is 0 Å². The smallest absolute Gasteiger partial charge is 0.222 e. The molecule has 6 heteroatoms. The van der Waals surface area contributed by atoms with Gasteiger partial charge >= 0.3 is 0 Å². The number of hydrogen-bond acceptors (Lipinski definition) is 3. The molecule has 1 aliphatic heterocycles. The highest BCUT2D eigenvalue weighted by Crippen LogP contribution is 2.45. The SMILES string of the molecule is CC(=O)NC[C@H]1CC[C@@H](CC(=O)NC2(c3ccc(Cl)cc3)CC2)N1C. The van der Waals surface area contributed by atoms with Crippen molar-refractivity contribution in [3.8, 4) is 0 Å². The van der Waals surface area contributed by atoms with Gasteiger partial charge in [-0.1, -0.05) is 23.7 Å². The zero-order valence-electron chi connectivity index (χ0n) is 14.8. The number of carbonyl (C=O) groups is 2. The monoisotopic (exact) mass is 363 g/mol. The van der Waals surface area contributed by atoms with Crippen LogP contribution >= 0.6 is 11.6 Å². The molecule has 0 spiro atoms. The lowest BCUT2D eigenvalue weighted by molar-refractivity contribution is -0.123. The van der Waals surface area contributed by atoms with Crippen LogP contribution in [0.4, 0.5) is 0 Å². The van der Waals surface area contributed by atoms with Crippen molar-refractivity contribution in [1.82, 2.24) is 15.5 Å². The van der Waals surface area contributed by atoms with Crippen LogP contribution in [0.3, 0.4) is 0 Å². The maximum atomic E-state index is 12.6. The van der Waals surface area contributed by atoms with Crippen molar-refractivity contribution in [2.45, 2.75) is 56.7 Å². The number of nitrogens with zero attached hydrogens (tertiary/aromatic N) is 1. The van der Waals surface area contributed by atoms with Gasteiger partial charge in [-0.25, -0.2) is 0 Å². The summed E-state index contributed by atoms with van der Waals surface area (Å²) >= 11 is 5.96. The van der Waals surface area contributed by atoms with E-state index in [9.17, 15) is 9.59 Å². The largest absolute Gasteiger partial charge is 0.355 e. The van der Waals surface area contributed by atoms with Gasteiger partial charge in [0.25, 0.3) is 0 Å². The van der Waals surface area contributed by atoms with Crippen LogP contribution in [-0.4, -0.2) is 42.4 Å². The molecule has 1 aromatic rings. The van der Waals surface area contributed by atoms with E-state index in [0.29, 0.717) is 24.0 Å². The zero-order valence-corrected chi connectivity index (χ0v) is 15.6. The Morgan fingerprint density at radius 1 is 1.20 bits per heavy atom. The lowest BCUT2D eigenvalue weighted by Crippen LogP contribution is -2.43. The average molecular weight is 364 g/mol. The standard InChI is InChI=1S/C19H26ClN3O2/c1-13(24)21-12-17-8-7-16(23(17)2)11-18(25)22-19(9-10-19)14-3-5-15(20)6-4-14/h3-6,16-17H,7-12H2,1-2H3,(H,21,24)(H,22,25)/t16-,17+/m0/s1. The van der Waals surface area contributed by atoms with E-state index < -0.39 is 0 Å². The second-order valence-electron chi connectivity index (χ2n) is 7.33. The van der Waals surface area contributed by atoms with Crippen LogP contribution in [0.1, 0.15) is 44.6 Å². The number of halogens is 1. The summed E-state index contributed by atoms with van der Waals surface area (Å²) in [5, 5.41) is 6.82. The molecule has 136 valence electrons. The number of benzene rings is 1. The summed E-state index contributed by atoms with van der Waals surface area (Å²) in [4.78, 5) is 25.9. The van der Waals surface area contributed by atoms with Gasteiger partial charge in [0.1, 0.15) is 0 Å². The number of amides is 2. The van der Waals surface area contributed by atoms with Gasteiger partial charge in [0.2, 0.25) is 11.8 Å². The highest BCUT2D eigenvalue weighted by atomic mass is 35.5. The first-order chi connectivity index (χ1) is 11.9. The number of likely N-dealkylation sites (N-methyl/N-ethyl adjacent to an activating group) is 1. The summed E-state index contributed by atoms with van der Waals surface area (Å²) in [5.41, 5.74) is 0.933. The molecule has 0 radical (unpaired) electrons. The second kappa shape index (κ2) is 7.34. The van der Waals surface area contributed by atoms with E-state index in [1.807, 2.05) is 31.3 Å². The molecule has 2 N–H and O–H groups in total. The number of rotatable bonds is 6. The van der Waals surface area contributed by atoms with Gasteiger partial charge in [-0.05, 0) is 50.4 Å². The van der Waals surface area contributed by atoms with Gasteiger partial charge in [0.05, 0.1) is 5.54 Å². The lowest BCUT2D eigenvalue weighted by Gasteiger charge is -2.26. The molecule has 2 atom stereocenters. The Labute approximate surface area is 154 Å². The molecule has 0 aromatic heterocycles.